The second-order valence-corrected chi connectivity index (χ2v) is 9.13. The van der Waals surface area contributed by atoms with E-state index < -0.39 is 17.6 Å². The van der Waals surface area contributed by atoms with E-state index in [1.807, 2.05) is 13.1 Å². The molecule has 1 aromatic heterocycles. The van der Waals surface area contributed by atoms with Gasteiger partial charge < -0.3 is 10.6 Å². The van der Waals surface area contributed by atoms with E-state index in [1.165, 1.54) is 0 Å². The summed E-state index contributed by atoms with van der Waals surface area (Å²) in [7, 11) is 0. The van der Waals surface area contributed by atoms with Gasteiger partial charge in [-0.3, -0.25) is 4.79 Å². The van der Waals surface area contributed by atoms with Crippen LogP contribution in [-0.4, -0.2) is 23.0 Å². The summed E-state index contributed by atoms with van der Waals surface area (Å²) in [6, 6.07) is 2.99. The molecule has 1 aliphatic rings. The van der Waals surface area contributed by atoms with Crippen molar-refractivity contribution < 1.29 is 18.0 Å². The minimum atomic E-state index is -4.52. The number of rotatable bonds is 5. The van der Waals surface area contributed by atoms with Crippen molar-refractivity contribution in [3.63, 3.8) is 0 Å². The molecule has 9 heteroatoms. The number of anilines is 1. The molecule has 0 aliphatic heterocycles. The summed E-state index contributed by atoms with van der Waals surface area (Å²) in [5, 5.41) is 7.21. The number of aryl methyl sites for hydroxylation is 1. The lowest BCUT2D eigenvalue weighted by molar-refractivity contribution is -0.137. The lowest BCUT2D eigenvalue weighted by Gasteiger charge is -2.33. The van der Waals surface area contributed by atoms with Crippen molar-refractivity contribution in [1.82, 2.24) is 10.3 Å². The fraction of sp³-hybridized carbons (Fsp3) is 0.500. The van der Waals surface area contributed by atoms with Crippen LogP contribution in [0.2, 0.25) is 5.02 Å². The van der Waals surface area contributed by atoms with Crippen molar-refractivity contribution >= 4 is 34.0 Å². The monoisotopic (exact) mass is 445 g/mol. The molecule has 0 spiro atoms. The zero-order chi connectivity index (χ0) is 21.2. The summed E-state index contributed by atoms with van der Waals surface area (Å²) in [4.78, 5) is 18.0. The third kappa shape index (κ3) is 5.63. The number of alkyl halides is 3. The SMILES string of the molecule is Cc1cnc(NC(C)C2CCC(NC(=O)c3cc(C(F)(F)F)ccc3Cl)CC2)s1. The zero-order valence-electron chi connectivity index (χ0n) is 16.1. The number of benzene rings is 1. The number of hydrogen-bond donors (Lipinski definition) is 2. The smallest absolute Gasteiger partial charge is 0.359 e. The molecule has 2 aromatic rings. The Kier molecular flexibility index (Phi) is 6.73. The zero-order valence-corrected chi connectivity index (χ0v) is 17.7. The van der Waals surface area contributed by atoms with Crippen molar-refractivity contribution in [2.24, 2.45) is 5.92 Å². The fourth-order valence-corrected chi connectivity index (χ4v) is 4.60. The molecule has 0 radical (unpaired) electrons. The second kappa shape index (κ2) is 8.92. The highest BCUT2D eigenvalue weighted by atomic mass is 35.5. The molecule has 1 atom stereocenters. The minimum Gasteiger partial charge on any atom is -0.359 e. The lowest BCUT2D eigenvalue weighted by atomic mass is 9.82. The van der Waals surface area contributed by atoms with E-state index in [0.29, 0.717) is 5.92 Å². The van der Waals surface area contributed by atoms with Crippen LogP contribution in [0.1, 0.15) is 53.4 Å². The third-order valence-corrected chi connectivity index (χ3v) is 6.50. The maximum Gasteiger partial charge on any atom is 0.416 e. The first-order valence-corrected chi connectivity index (χ1v) is 10.7. The van der Waals surface area contributed by atoms with Gasteiger partial charge in [0.05, 0.1) is 16.1 Å². The molecule has 1 unspecified atom stereocenters. The molecule has 3 rings (SSSR count). The standard InChI is InChI=1S/C20H23ClF3N3OS/c1-11-10-25-19(29-11)26-12(2)13-3-6-15(7-4-13)27-18(28)16-9-14(20(22,23)24)5-8-17(16)21/h5,8-10,12-13,15H,3-4,6-7H2,1-2H3,(H,25,26)(H,27,28). The molecule has 1 aromatic carbocycles. The van der Waals surface area contributed by atoms with Crippen LogP contribution >= 0.6 is 22.9 Å². The highest BCUT2D eigenvalue weighted by molar-refractivity contribution is 7.15. The summed E-state index contributed by atoms with van der Waals surface area (Å²) >= 11 is 7.58. The lowest BCUT2D eigenvalue weighted by Crippen LogP contribution is -2.40. The number of halogens is 4. The fourth-order valence-electron chi connectivity index (χ4n) is 3.64. The van der Waals surface area contributed by atoms with E-state index in [0.717, 1.165) is 53.9 Å². The van der Waals surface area contributed by atoms with Gasteiger partial charge in [0.1, 0.15) is 0 Å². The molecule has 29 heavy (non-hydrogen) atoms. The van der Waals surface area contributed by atoms with Crippen LogP contribution < -0.4 is 10.6 Å². The first-order valence-electron chi connectivity index (χ1n) is 9.50. The second-order valence-electron chi connectivity index (χ2n) is 7.49. The van der Waals surface area contributed by atoms with Crippen LogP contribution in [0.4, 0.5) is 18.3 Å². The van der Waals surface area contributed by atoms with Crippen molar-refractivity contribution in [2.45, 2.75) is 57.8 Å². The summed E-state index contributed by atoms with van der Waals surface area (Å²) < 4.78 is 38.7. The number of carbonyl (C=O) groups is 1. The Morgan fingerprint density at radius 2 is 1.97 bits per heavy atom. The van der Waals surface area contributed by atoms with Crippen LogP contribution in [0.3, 0.4) is 0 Å². The van der Waals surface area contributed by atoms with Gasteiger partial charge in [0.15, 0.2) is 5.13 Å². The molecule has 1 fully saturated rings. The molecule has 0 saturated heterocycles. The van der Waals surface area contributed by atoms with Crippen LogP contribution in [-0.2, 0) is 6.18 Å². The van der Waals surface area contributed by atoms with Crippen molar-refractivity contribution in [3.05, 3.63) is 45.4 Å². The van der Waals surface area contributed by atoms with Gasteiger partial charge in [-0.05, 0) is 63.6 Å². The number of hydrogen-bond acceptors (Lipinski definition) is 4. The average molecular weight is 446 g/mol. The van der Waals surface area contributed by atoms with Crippen molar-refractivity contribution in [1.29, 1.82) is 0 Å². The normalized spacial score (nSPS) is 20.9. The Bertz CT molecular complexity index is 863. The summed E-state index contributed by atoms with van der Waals surface area (Å²) in [5.74, 6) is -0.113. The Morgan fingerprint density at radius 1 is 1.28 bits per heavy atom. The van der Waals surface area contributed by atoms with E-state index in [-0.39, 0.29) is 22.7 Å². The first kappa shape index (κ1) is 21.9. The molecule has 1 amide bonds. The molecule has 158 valence electrons. The van der Waals surface area contributed by atoms with Crippen molar-refractivity contribution in [3.8, 4) is 0 Å². The molecule has 2 N–H and O–H groups in total. The van der Waals surface area contributed by atoms with Gasteiger partial charge in [-0.2, -0.15) is 13.2 Å². The minimum absolute atomic E-state index is 0.0146. The van der Waals surface area contributed by atoms with Crippen LogP contribution in [0.5, 0.6) is 0 Å². The molecule has 1 aliphatic carbocycles. The van der Waals surface area contributed by atoms with Crippen LogP contribution in [0.15, 0.2) is 24.4 Å². The largest absolute Gasteiger partial charge is 0.416 e. The topological polar surface area (TPSA) is 54.0 Å². The predicted molar refractivity (Wildman–Crippen MR) is 110 cm³/mol. The Balaban J connectivity index is 1.54. The predicted octanol–water partition coefficient (Wildman–Crippen LogP) is 5.91. The van der Waals surface area contributed by atoms with Gasteiger partial charge in [0, 0.05) is 23.2 Å². The molecule has 1 heterocycles. The Labute approximate surface area is 176 Å². The molecule has 4 nitrogen and oxygen atoms in total. The molecular weight excluding hydrogens is 423 g/mol. The van der Waals surface area contributed by atoms with Gasteiger partial charge in [0.25, 0.3) is 5.91 Å². The Morgan fingerprint density at radius 3 is 2.55 bits per heavy atom. The van der Waals surface area contributed by atoms with Gasteiger partial charge in [0.2, 0.25) is 0 Å². The van der Waals surface area contributed by atoms with Gasteiger partial charge in [-0.25, -0.2) is 4.98 Å². The van der Waals surface area contributed by atoms with Crippen molar-refractivity contribution in [2.75, 3.05) is 5.32 Å². The van der Waals surface area contributed by atoms with E-state index in [1.54, 1.807) is 11.3 Å². The molecule has 1 saturated carbocycles. The van der Waals surface area contributed by atoms with E-state index in [9.17, 15) is 18.0 Å². The summed E-state index contributed by atoms with van der Waals surface area (Å²) in [6.45, 7) is 4.14. The number of thiazole rings is 1. The summed E-state index contributed by atoms with van der Waals surface area (Å²) in [6.07, 6.45) is 0.702. The number of aromatic nitrogens is 1. The third-order valence-electron chi connectivity index (χ3n) is 5.32. The maximum absolute atomic E-state index is 12.9. The van der Waals surface area contributed by atoms with Gasteiger partial charge >= 0.3 is 6.18 Å². The number of nitrogens with zero attached hydrogens (tertiary/aromatic N) is 1. The maximum atomic E-state index is 12.9. The molecular formula is C20H23ClF3N3OS. The van der Waals surface area contributed by atoms with Crippen LogP contribution in [0, 0.1) is 12.8 Å². The Hall–Kier alpha value is -1.80. The highest BCUT2D eigenvalue weighted by Gasteiger charge is 2.32. The molecule has 0 bridgehead atoms. The number of nitrogens with one attached hydrogen (secondary N) is 2. The van der Waals surface area contributed by atoms with Gasteiger partial charge in [-0.1, -0.05) is 11.6 Å². The quantitative estimate of drug-likeness (QED) is 0.601. The van der Waals surface area contributed by atoms with E-state index >= 15 is 0 Å². The van der Waals surface area contributed by atoms with E-state index in [2.05, 4.69) is 22.5 Å². The number of carbonyl (C=O) groups excluding carboxylic acids is 1. The first-order chi connectivity index (χ1) is 13.6. The summed E-state index contributed by atoms with van der Waals surface area (Å²) in [5.41, 5.74) is -1.02. The average Bonchev–Trinajstić information content (AvgIpc) is 3.06. The van der Waals surface area contributed by atoms with Gasteiger partial charge in [-0.15, -0.1) is 11.3 Å². The highest BCUT2D eigenvalue weighted by Crippen LogP contribution is 2.33. The van der Waals surface area contributed by atoms with E-state index in [4.69, 9.17) is 11.6 Å². The van der Waals surface area contributed by atoms with Crippen LogP contribution in [0.25, 0.3) is 0 Å². The number of amides is 1.